The van der Waals surface area contributed by atoms with Crippen LogP contribution in [-0.2, 0) is 0 Å². The molecule has 1 aliphatic rings. The first kappa shape index (κ1) is 14.4. The molecule has 1 saturated carbocycles. The van der Waals surface area contributed by atoms with Gasteiger partial charge in [-0.15, -0.1) is 0 Å². The molecule has 0 bridgehead atoms. The Bertz CT molecular complexity index is 394. The van der Waals surface area contributed by atoms with E-state index in [1.807, 2.05) is 6.07 Å². The maximum atomic E-state index is 5.89. The molecule has 1 aromatic carbocycles. The highest BCUT2D eigenvalue weighted by atomic mass is 15.2. The number of rotatable bonds is 4. The van der Waals surface area contributed by atoms with Gasteiger partial charge in [0.2, 0.25) is 0 Å². The molecule has 1 fully saturated rings. The van der Waals surface area contributed by atoms with Gasteiger partial charge in [-0.3, -0.25) is 4.90 Å². The lowest BCUT2D eigenvalue weighted by molar-refractivity contribution is 0.127. The number of hydrogen-bond acceptors (Lipinski definition) is 2. The first-order chi connectivity index (χ1) is 9.11. The van der Waals surface area contributed by atoms with Crippen molar-refractivity contribution in [3.05, 3.63) is 29.8 Å². The van der Waals surface area contributed by atoms with Gasteiger partial charge in [-0.1, -0.05) is 25.5 Å². The summed E-state index contributed by atoms with van der Waals surface area (Å²) >= 11 is 0. The van der Waals surface area contributed by atoms with Gasteiger partial charge in [-0.2, -0.15) is 0 Å². The zero-order chi connectivity index (χ0) is 13.8. The molecule has 19 heavy (non-hydrogen) atoms. The first-order valence-electron chi connectivity index (χ1n) is 7.69. The fourth-order valence-electron chi connectivity index (χ4n) is 3.33. The van der Waals surface area contributed by atoms with E-state index in [4.69, 9.17) is 5.73 Å². The number of nitrogens with zero attached hydrogens (tertiary/aromatic N) is 1. The van der Waals surface area contributed by atoms with Crippen molar-refractivity contribution in [2.75, 3.05) is 12.8 Å². The third-order valence-corrected chi connectivity index (χ3v) is 4.97. The zero-order valence-corrected chi connectivity index (χ0v) is 12.6. The predicted molar refractivity (Wildman–Crippen MR) is 83.1 cm³/mol. The minimum atomic E-state index is 0.451. The van der Waals surface area contributed by atoms with Crippen LogP contribution in [0, 0.1) is 5.92 Å². The minimum Gasteiger partial charge on any atom is -0.399 e. The van der Waals surface area contributed by atoms with Crippen molar-refractivity contribution < 1.29 is 0 Å². The SMILES string of the molecule is CCC1CCC(N(C)C(C)c2cccc(N)c2)CC1. The van der Waals surface area contributed by atoms with Crippen molar-refractivity contribution >= 4 is 5.69 Å². The fourth-order valence-corrected chi connectivity index (χ4v) is 3.33. The molecule has 1 unspecified atom stereocenters. The molecular weight excluding hydrogens is 232 g/mol. The van der Waals surface area contributed by atoms with Crippen LogP contribution in [0.25, 0.3) is 0 Å². The monoisotopic (exact) mass is 260 g/mol. The van der Waals surface area contributed by atoms with Crippen LogP contribution in [0.3, 0.4) is 0 Å². The van der Waals surface area contributed by atoms with Crippen LogP contribution >= 0.6 is 0 Å². The Labute approximate surface area is 118 Å². The van der Waals surface area contributed by atoms with Gasteiger partial charge in [0.05, 0.1) is 0 Å². The van der Waals surface area contributed by atoms with E-state index in [0.29, 0.717) is 6.04 Å². The second-order valence-electron chi connectivity index (χ2n) is 6.09. The summed E-state index contributed by atoms with van der Waals surface area (Å²) in [7, 11) is 2.27. The van der Waals surface area contributed by atoms with E-state index in [-0.39, 0.29) is 0 Å². The number of hydrogen-bond donors (Lipinski definition) is 1. The van der Waals surface area contributed by atoms with Crippen LogP contribution in [0.2, 0.25) is 0 Å². The van der Waals surface area contributed by atoms with Crippen molar-refractivity contribution in [1.29, 1.82) is 0 Å². The van der Waals surface area contributed by atoms with E-state index in [0.717, 1.165) is 17.6 Å². The Kier molecular flexibility index (Phi) is 4.87. The summed E-state index contributed by atoms with van der Waals surface area (Å²) in [5.74, 6) is 0.965. The number of nitrogen functional groups attached to an aromatic ring is 1. The molecular formula is C17H28N2. The molecule has 0 aromatic heterocycles. The van der Waals surface area contributed by atoms with Gasteiger partial charge >= 0.3 is 0 Å². The molecule has 0 saturated heterocycles. The van der Waals surface area contributed by atoms with Crippen molar-refractivity contribution in [1.82, 2.24) is 4.90 Å². The zero-order valence-electron chi connectivity index (χ0n) is 12.6. The number of benzene rings is 1. The van der Waals surface area contributed by atoms with Gasteiger partial charge in [0, 0.05) is 17.8 Å². The highest BCUT2D eigenvalue weighted by molar-refractivity contribution is 5.41. The largest absolute Gasteiger partial charge is 0.399 e. The van der Waals surface area contributed by atoms with E-state index in [1.54, 1.807) is 0 Å². The highest BCUT2D eigenvalue weighted by Gasteiger charge is 2.26. The standard InChI is InChI=1S/C17H28N2/c1-4-14-8-10-17(11-9-14)19(3)13(2)15-6-5-7-16(18)12-15/h5-7,12-14,17H,4,8-11,18H2,1-3H3. The van der Waals surface area contributed by atoms with Crippen LogP contribution in [0.5, 0.6) is 0 Å². The average Bonchev–Trinajstić information content (AvgIpc) is 2.46. The van der Waals surface area contributed by atoms with Gasteiger partial charge in [0.15, 0.2) is 0 Å². The Morgan fingerprint density at radius 1 is 1.26 bits per heavy atom. The predicted octanol–water partition coefficient (Wildman–Crippen LogP) is 4.23. The lowest BCUT2D eigenvalue weighted by Gasteiger charge is -2.38. The lowest BCUT2D eigenvalue weighted by atomic mass is 9.83. The number of anilines is 1. The van der Waals surface area contributed by atoms with Crippen molar-refractivity contribution in [2.24, 2.45) is 5.92 Å². The molecule has 0 radical (unpaired) electrons. The van der Waals surface area contributed by atoms with Crippen LogP contribution in [-0.4, -0.2) is 18.0 Å². The fraction of sp³-hybridized carbons (Fsp3) is 0.647. The van der Waals surface area contributed by atoms with E-state index in [9.17, 15) is 0 Å². The van der Waals surface area contributed by atoms with Gasteiger partial charge in [0.25, 0.3) is 0 Å². The van der Waals surface area contributed by atoms with E-state index >= 15 is 0 Å². The molecule has 1 aromatic rings. The Balaban J connectivity index is 1.98. The summed E-state index contributed by atoms with van der Waals surface area (Å²) in [5, 5.41) is 0. The summed E-state index contributed by atoms with van der Waals surface area (Å²) in [6.45, 7) is 4.62. The Hall–Kier alpha value is -1.02. The van der Waals surface area contributed by atoms with Gasteiger partial charge in [-0.25, -0.2) is 0 Å². The third kappa shape index (κ3) is 3.50. The van der Waals surface area contributed by atoms with E-state index < -0.39 is 0 Å². The Morgan fingerprint density at radius 3 is 2.53 bits per heavy atom. The number of nitrogens with two attached hydrogens (primary N) is 1. The quantitative estimate of drug-likeness (QED) is 0.821. The third-order valence-electron chi connectivity index (χ3n) is 4.97. The van der Waals surface area contributed by atoms with E-state index in [1.165, 1.54) is 37.7 Å². The molecule has 2 rings (SSSR count). The van der Waals surface area contributed by atoms with E-state index in [2.05, 4.69) is 44.0 Å². The molecule has 0 aliphatic heterocycles. The summed E-state index contributed by atoms with van der Waals surface area (Å²) in [5.41, 5.74) is 8.09. The molecule has 0 heterocycles. The van der Waals surface area contributed by atoms with Gasteiger partial charge < -0.3 is 5.73 Å². The second kappa shape index (κ2) is 6.42. The summed E-state index contributed by atoms with van der Waals surface area (Å²) in [4.78, 5) is 2.54. The van der Waals surface area contributed by atoms with Crippen LogP contribution in [0.15, 0.2) is 24.3 Å². The molecule has 0 amide bonds. The molecule has 106 valence electrons. The lowest BCUT2D eigenvalue weighted by Crippen LogP contribution is -2.36. The molecule has 2 N–H and O–H groups in total. The topological polar surface area (TPSA) is 29.3 Å². The van der Waals surface area contributed by atoms with Crippen LogP contribution in [0.1, 0.15) is 57.6 Å². The summed E-state index contributed by atoms with van der Waals surface area (Å²) in [6, 6.07) is 9.51. The maximum absolute atomic E-state index is 5.89. The average molecular weight is 260 g/mol. The van der Waals surface area contributed by atoms with Crippen molar-refractivity contribution in [3.63, 3.8) is 0 Å². The maximum Gasteiger partial charge on any atom is 0.0320 e. The molecule has 0 spiro atoms. The molecule has 1 atom stereocenters. The van der Waals surface area contributed by atoms with Crippen LogP contribution < -0.4 is 5.73 Å². The molecule has 2 heteroatoms. The van der Waals surface area contributed by atoms with Crippen LogP contribution in [0.4, 0.5) is 5.69 Å². The Morgan fingerprint density at radius 2 is 1.95 bits per heavy atom. The second-order valence-corrected chi connectivity index (χ2v) is 6.09. The summed E-state index contributed by atoms with van der Waals surface area (Å²) in [6.07, 6.45) is 6.84. The normalized spacial score (nSPS) is 25.5. The van der Waals surface area contributed by atoms with Gasteiger partial charge in [0.1, 0.15) is 0 Å². The smallest absolute Gasteiger partial charge is 0.0320 e. The minimum absolute atomic E-state index is 0.451. The van der Waals surface area contributed by atoms with Gasteiger partial charge in [-0.05, 0) is 63.3 Å². The molecule has 1 aliphatic carbocycles. The van der Waals surface area contributed by atoms with Crippen molar-refractivity contribution in [3.8, 4) is 0 Å². The highest BCUT2D eigenvalue weighted by Crippen LogP contribution is 2.32. The van der Waals surface area contributed by atoms with Crippen molar-refractivity contribution in [2.45, 2.75) is 58.0 Å². The summed E-state index contributed by atoms with van der Waals surface area (Å²) < 4.78 is 0. The molecule has 2 nitrogen and oxygen atoms in total. The first-order valence-corrected chi connectivity index (χ1v) is 7.69.